The average molecular weight is 638 g/mol. The lowest BCUT2D eigenvalue weighted by atomic mass is 9.99. The van der Waals surface area contributed by atoms with E-state index >= 15 is 0 Å². The van der Waals surface area contributed by atoms with E-state index in [2.05, 4.69) is 17.6 Å². The van der Waals surface area contributed by atoms with E-state index in [1.54, 1.807) is 31.4 Å². The summed E-state index contributed by atoms with van der Waals surface area (Å²) in [7, 11) is 2.93. The number of hydrogen-bond acceptors (Lipinski definition) is 8. The Morgan fingerprint density at radius 2 is 1.89 bits per heavy atom. The molecule has 0 radical (unpaired) electrons. The third-order valence-electron chi connectivity index (χ3n) is 8.87. The van der Waals surface area contributed by atoms with Gasteiger partial charge in [0.25, 0.3) is 0 Å². The summed E-state index contributed by atoms with van der Waals surface area (Å²) in [4.78, 5) is 22.4. The number of nitrogens with zero attached hydrogens (tertiary/aromatic N) is 3. The molecular weight excluding hydrogens is 601 g/mol. The molecule has 4 heterocycles. The number of hydrogen-bond donors (Lipinski definition) is 0. The lowest BCUT2D eigenvalue weighted by Gasteiger charge is -2.27. The normalized spacial score (nSPS) is 15.9. The van der Waals surface area contributed by atoms with Crippen molar-refractivity contribution in [2.45, 2.75) is 51.9 Å². The Kier molecular flexibility index (Phi) is 8.51. The van der Waals surface area contributed by atoms with Crippen molar-refractivity contribution in [1.29, 1.82) is 0 Å². The number of aryl methyl sites for hydroxylation is 2. The predicted octanol–water partition coefficient (Wildman–Crippen LogP) is 6.62. The van der Waals surface area contributed by atoms with Crippen LogP contribution < -0.4 is 14.2 Å². The Morgan fingerprint density at radius 3 is 2.68 bits per heavy atom. The number of carbonyl (C=O) groups is 1. The monoisotopic (exact) mass is 637 g/mol. The lowest BCUT2D eigenvalue weighted by molar-refractivity contribution is -0.0589. The van der Waals surface area contributed by atoms with Gasteiger partial charge in [0.05, 0.1) is 50.2 Å². The molecule has 10 heteroatoms. The van der Waals surface area contributed by atoms with E-state index in [4.69, 9.17) is 33.7 Å². The Labute approximate surface area is 272 Å². The molecule has 0 aliphatic carbocycles. The fourth-order valence-electron chi connectivity index (χ4n) is 6.28. The zero-order valence-electron chi connectivity index (χ0n) is 26.7. The van der Waals surface area contributed by atoms with Crippen LogP contribution in [0.25, 0.3) is 22.3 Å². The van der Waals surface area contributed by atoms with Crippen molar-refractivity contribution >= 4 is 17.0 Å². The van der Waals surface area contributed by atoms with Gasteiger partial charge in [-0.25, -0.2) is 19.2 Å². The number of esters is 1. The molecule has 0 N–H and O–H groups in total. The molecule has 0 saturated carbocycles. The smallest absolute Gasteiger partial charge is 0.338 e. The minimum Gasteiger partial charge on any atom is -0.494 e. The molecule has 0 spiro atoms. The van der Waals surface area contributed by atoms with Crippen LogP contribution in [0.2, 0.25) is 0 Å². The third-order valence-corrected chi connectivity index (χ3v) is 8.87. The van der Waals surface area contributed by atoms with Crippen molar-refractivity contribution in [3.05, 3.63) is 100 Å². The quantitative estimate of drug-likeness (QED) is 0.192. The standard InChI is InChI=1S/C37H36FN3O6/c1-22-14-25(18-34-40-36-31(41(34)20-28-11-13-45-28)16-26(37(42)44-3)17-33(36)43-2)32-19-29(22)30-7-4-8-35(39-30)47-21-24-9-10-27(38)15-23(24)6-5-12-46-32/h4,7-10,14-17,19,28H,5-6,11-13,18,20-21H2,1-3H3/t28-/m0/s1. The number of ether oxygens (including phenoxy) is 5. The topological polar surface area (TPSA) is 93.9 Å². The minimum atomic E-state index is -0.450. The van der Waals surface area contributed by atoms with Gasteiger partial charge in [0.2, 0.25) is 5.88 Å². The van der Waals surface area contributed by atoms with Crippen LogP contribution in [-0.4, -0.2) is 54.0 Å². The molecule has 1 fully saturated rings. The SMILES string of the molecule is COC(=O)c1cc(OC)c2nc(Cc3cc(C)c4cc3OCCCc3cc(F)ccc3COc3cccc-4n3)n(C[C@@H]3CCO3)c2c1. The molecule has 7 rings (SSSR count). The van der Waals surface area contributed by atoms with Crippen LogP contribution in [0.1, 0.15) is 51.3 Å². The van der Waals surface area contributed by atoms with Crippen LogP contribution in [0.15, 0.2) is 60.7 Å². The van der Waals surface area contributed by atoms with Crippen molar-refractivity contribution in [2.24, 2.45) is 0 Å². The maximum atomic E-state index is 14.2. The van der Waals surface area contributed by atoms with Gasteiger partial charge in [0.15, 0.2) is 0 Å². The first kappa shape index (κ1) is 30.7. The molecule has 5 aromatic rings. The fraction of sp³-hybridized carbons (Fsp3) is 0.324. The van der Waals surface area contributed by atoms with Gasteiger partial charge in [0.1, 0.15) is 35.3 Å². The second kappa shape index (κ2) is 13.0. The first-order chi connectivity index (χ1) is 22.9. The number of carbonyl (C=O) groups excluding carboxylic acids is 1. The summed E-state index contributed by atoms with van der Waals surface area (Å²) >= 11 is 0. The van der Waals surface area contributed by atoms with Crippen LogP contribution in [0, 0.1) is 12.7 Å². The maximum Gasteiger partial charge on any atom is 0.338 e. The Hall–Kier alpha value is -4.96. The van der Waals surface area contributed by atoms with Crippen LogP contribution in [0.4, 0.5) is 4.39 Å². The largest absolute Gasteiger partial charge is 0.494 e. The van der Waals surface area contributed by atoms with Gasteiger partial charge in [0, 0.05) is 30.2 Å². The number of benzene rings is 3. The molecule has 1 saturated heterocycles. The van der Waals surface area contributed by atoms with Crippen molar-refractivity contribution in [2.75, 3.05) is 27.4 Å². The van der Waals surface area contributed by atoms with E-state index < -0.39 is 5.97 Å². The summed E-state index contributed by atoms with van der Waals surface area (Å²) in [5.41, 5.74) is 7.31. The molecule has 3 aromatic carbocycles. The van der Waals surface area contributed by atoms with E-state index in [0.717, 1.165) is 63.6 Å². The van der Waals surface area contributed by atoms with E-state index in [1.165, 1.54) is 13.2 Å². The molecule has 2 aromatic heterocycles. The highest BCUT2D eigenvalue weighted by molar-refractivity contribution is 5.96. The molecule has 242 valence electrons. The fourth-order valence-corrected chi connectivity index (χ4v) is 6.28. The van der Waals surface area contributed by atoms with E-state index in [9.17, 15) is 9.18 Å². The Morgan fingerprint density at radius 1 is 1.02 bits per heavy atom. The summed E-state index contributed by atoms with van der Waals surface area (Å²) in [6.45, 7) is 4.10. The minimum absolute atomic E-state index is 0.0469. The van der Waals surface area contributed by atoms with Gasteiger partial charge < -0.3 is 28.3 Å². The second-order valence-corrected chi connectivity index (χ2v) is 11.9. The summed E-state index contributed by atoms with van der Waals surface area (Å²) < 4.78 is 45.4. The maximum absolute atomic E-state index is 14.2. The highest BCUT2D eigenvalue weighted by Crippen LogP contribution is 2.35. The summed E-state index contributed by atoms with van der Waals surface area (Å²) in [6.07, 6.45) is 2.77. The molecule has 0 amide bonds. The molecular formula is C37H36FN3O6. The van der Waals surface area contributed by atoms with Crippen molar-refractivity contribution < 1.29 is 32.9 Å². The number of methoxy groups -OCH3 is 2. The number of pyridine rings is 1. The zero-order chi connectivity index (χ0) is 32.5. The lowest BCUT2D eigenvalue weighted by Crippen LogP contribution is -2.31. The van der Waals surface area contributed by atoms with Crippen LogP contribution >= 0.6 is 0 Å². The molecule has 9 nitrogen and oxygen atoms in total. The van der Waals surface area contributed by atoms with Gasteiger partial charge in [-0.1, -0.05) is 18.2 Å². The van der Waals surface area contributed by atoms with Gasteiger partial charge in [-0.15, -0.1) is 0 Å². The van der Waals surface area contributed by atoms with Gasteiger partial charge >= 0.3 is 5.97 Å². The zero-order valence-corrected chi connectivity index (χ0v) is 26.7. The Balaban J connectivity index is 1.30. The predicted molar refractivity (Wildman–Crippen MR) is 174 cm³/mol. The average Bonchev–Trinajstić information content (AvgIpc) is 3.40. The summed E-state index contributed by atoms with van der Waals surface area (Å²) in [5, 5.41) is 0. The summed E-state index contributed by atoms with van der Waals surface area (Å²) in [6, 6.07) is 18.1. The highest BCUT2D eigenvalue weighted by Gasteiger charge is 2.25. The number of rotatable bonds is 6. The molecule has 2 aliphatic heterocycles. The van der Waals surface area contributed by atoms with Crippen LogP contribution in [-0.2, 0) is 35.5 Å². The highest BCUT2D eigenvalue weighted by atomic mass is 19.1. The van der Waals surface area contributed by atoms with Gasteiger partial charge in [-0.05, 0) is 79.3 Å². The third kappa shape index (κ3) is 6.25. The number of fused-ring (bicyclic) bond motifs is 7. The second-order valence-electron chi connectivity index (χ2n) is 11.9. The van der Waals surface area contributed by atoms with Crippen molar-refractivity contribution in [3.63, 3.8) is 0 Å². The Bertz CT molecular complexity index is 1970. The number of imidazole rings is 1. The van der Waals surface area contributed by atoms with Crippen LogP contribution in [0.3, 0.4) is 0 Å². The van der Waals surface area contributed by atoms with Gasteiger partial charge in [-0.3, -0.25) is 0 Å². The first-order valence-electron chi connectivity index (χ1n) is 15.8. The molecule has 0 unspecified atom stereocenters. The molecule has 1 atom stereocenters. The van der Waals surface area contributed by atoms with E-state index in [-0.39, 0.29) is 11.9 Å². The summed E-state index contributed by atoms with van der Waals surface area (Å²) in [5.74, 6) is 1.77. The van der Waals surface area contributed by atoms with Crippen molar-refractivity contribution in [3.8, 4) is 28.6 Å². The first-order valence-corrected chi connectivity index (χ1v) is 15.8. The van der Waals surface area contributed by atoms with Crippen LogP contribution in [0.5, 0.6) is 17.4 Å². The number of aromatic nitrogens is 3. The molecule has 4 bridgehead atoms. The van der Waals surface area contributed by atoms with Crippen molar-refractivity contribution in [1.82, 2.24) is 14.5 Å². The van der Waals surface area contributed by atoms with Gasteiger partial charge in [-0.2, -0.15) is 0 Å². The number of halogens is 1. The van der Waals surface area contributed by atoms with E-state index in [0.29, 0.717) is 61.7 Å². The van der Waals surface area contributed by atoms with E-state index in [1.807, 2.05) is 24.3 Å². The molecule has 2 aliphatic rings. The molecule has 47 heavy (non-hydrogen) atoms.